The van der Waals surface area contributed by atoms with E-state index in [1.807, 2.05) is 13.0 Å². The van der Waals surface area contributed by atoms with Crippen molar-refractivity contribution >= 4 is 34.4 Å². The SMILES string of the molecule is CC(Cl)c1nc2cc(Cl)cnc2n1C1CCN(C)C(C)C1. The molecule has 1 aliphatic rings. The van der Waals surface area contributed by atoms with E-state index < -0.39 is 0 Å². The molecule has 3 rings (SSSR count). The van der Waals surface area contributed by atoms with Gasteiger partial charge in [0.2, 0.25) is 0 Å². The van der Waals surface area contributed by atoms with Crippen molar-refractivity contribution in [2.75, 3.05) is 13.6 Å². The second-order valence-electron chi connectivity index (χ2n) is 5.96. The maximum Gasteiger partial charge on any atom is 0.160 e. The van der Waals surface area contributed by atoms with Gasteiger partial charge < -0.3 is 9.47 Å². The molecule has 1 fully saturated rings. The number of pyridine rings is 1. The third-order valence-corrected chi connectivity index (χ3v) is 4.83. The number of hydrogen-bond acceptors (Lipinski definition) is 3. The van der Waals surface area contributed by atoms with Crippen molar-refractivity contribution in [3.05, 3.63) is 23.1 Å². The Bertz CT molecular complexity index is 652. The van der Waals surface area contributed by atoms with Crippen LogP contribution in [0.4, 0.5) is 0 Å². The number of imidazole rings is 1. The average molecular weight is 327 g/mol. The van der Waals surface area contributed by atoms with Crippen molar-refractivity contribution in [2.24, 2.45) is 0 Å². The second-order valence-corrected chi connectivity index (χ2v) is 7.05. The summed E-state index contributed by atoms with van der Waals surface area (Å²) in [5.74, 6) is 0.892. The Balaban J connectivity index is 2.09. The number of fused-ring (bicyclic) bond motifs is 1. The fraction of sp³-hybridized carbons (Fsp3) is 0.600. The molecule has 21 heavy (non-hydrogen) atoms. The number of nitrogens with zero attached hydrogens (tertiary/aromatic N) is 4. The molecule has 3 unspecified atom stereocenters. The number of aromatic nitrogens is 3. The fourth-order valence-electron chi connectivity index (χ4n) is 3.11. The van der Waals surface area contributed by atoms with E-state index in [1.165, 1.54) is 0 Å². The van der Waals surface area contributed by atoms with Gasteiger partial charge in [-0.15, -0.1) is 11.6 Å². The van der Waals surface area contributed by atoms with Crippen LogP contribution in [0, 0.1) is 0 Å². The summed E-state index contributed by atoms with van der Waals surface area (Å²) in [5, 5.41) is 0.464. The zero-order valence-corrected chi connectivity index (χ0v) is 14.1. The highest BCUT2D eigenvalue weighted by Crippen LogP contribution is 2.34. The number of hydrogen-bond donors (Lipinski definition) is 0. The predicted molar refractivity (Wildman–Crippen MR) is 87.2 cm³/mol. The minimum atomic E-state index is -0.145. The van der Waals surface area contributed by atoms with Crippen molar-refractivity contribution < 1.29 is 0 Å². The van der Waals surface area contributed by atoms with Crippen molar-refractivity contribution in [1.82, 2.24) is 19.4 Å². The molecule has 0 saturated carbocycles. The van der Waals surface area contributed by atoms with E-state index in [0.29, 0.717) is 17.1 Å². The monoisotopic (exact) mass is 326 g/mol. The molecule has 0 N–H and O–H groups in total. The van der Waals surface area contributed by atoms with Crippen LogP contribution in [0.25, 0.3) is 11.2 Å². The van der Waals surface area contributed by atoms with Crippen molar-refractivity contribution in [2.45, 2.75) is 44.1 Å². The van der Waals surface area contributed by atoms with Gasteiger partial charge in [-0.25, -0.2) is 9.97 Å². The van der Waals surface area contributed by atoms with Crippen LogP contribution in [-0.4, -0.2) is 39.1 Å². The third kappa shape index (κ3) is 2.77. The van der Waals surface area contributed by atoms with Gasteiger partial charge in [-0.05, 0) is 39.8 Å². The molecule has 1 aliphatic heterocycles. The van der Waals surface area contributed by atoms with Crippen LogP contribution in [0.15, 0.2) is 12.3 Å². The quantitative estimate of drug-likeness (QED) is 0.781. The highest BCUT2D eigenvalue weighted by molar-refractivity contribution is 6.31. The van der Waals surface area contributed by atoms with Crippen LogP contribution < -0.4 is 0 Å². The standard InChI is InChI=1S/C15H20Cl2N4/c1-9-6-12(4-5-20(9)3)21-14(10(2)16)19-13-7-11(17)8-18-15(13)21/h7-10,12H,4-6H2,1-3H3. The summed E-state index contributed by atoms with van der Waals surface area (Å²) in [7, 11) is 2.18. The smallest absolute Gasteiger partial charge is 0.160 e. The van der Waals surface area contributed by atoms with Crippen molar-refractivity contribution in [3.8, 4) is 0 Å². The van der Waals surface area contributed by atoms with Gasteiger partial charge in [-0.3, -0.25) is 0 Å². The normalized spacial score (nSPS) is 25.4. The first-order valence-corrected chi connectivity index (χ1v) is 8.16. The first-order chi connectivity index (χ1) is 9.97. The van der Waals surface area contributed by atoms with Gasteiger partial charge in [0.05, 0.1) is 10.4 Å². The Labute approximate surface area is 135 Å². The summed E-state index contributed by atoms with van der Waals surface area (Å²) < 4.78 is 2.23. The molecule has 0 amide bonds. The van der Waals surface area contributed by atoms with Gasteiger partial charge in [0, 0.05) is 24.8 Å². The summed E-state index contributed by atoms with van der Waals surface area (Å²) in [6, 6.07) is 2.81. The van der Waals surface area contributed by atoms with Gasteiger partial charge in [0.15, 0.2) is 5.65 Å². The molecule has 0 bridgehead atoms. The number of likely N-dealkylation sites (tertiary alicyclic amines) is 1. The summed E-state index contributed by atoms with van der Waals surface area (Å²) >= 11 is 12.4. The molecule has 3 heterocycles. The largest absolute Gasteiger partial charge is 0.308 e. The van der Waals surface area contributed by atoms with Crippen LogP contribution in [0.1, 0.15) is 43.9 Å². The van der Waals surface area contributed by atoms with Crippen LogP contribution in [0.3, 0.4) is 0 Å². The highest BCUT2D eigenvalue weighted by Gasteiger charge is 2.28. The lowest BCUT2D eigenvalue weighted by Gasteiger charge is -2.36. The zero-order chi connectivity index (χ0) is 15.1. The van der Waals surface area contributed by atoms with E-state index in [-0.39, 0.29) is 5.38 Å². The average Bonchev–Trinajstić information content (AvgIpc) is 2.80. The van der Waals surface area contributed by atoms with Crippen molar-refractivity contribution in [1.29, 1.82) is 0 Å². The summed E-state index contributed by atoms with van der Waals surface area (Å²) in [6.07, 6.45) is 3.86. The molecule has 0 aliphatic carbocycles. The van der Waals surface area contributed by atoms with E-state index in [2.05, 4.69) is 33.4 Å². The minimum absolute atomic E-state index is 0.145. The van der Waals surface area contributed by atoms with Crippen molar-refractivity contribution in [3.63, 3.8) is 0 Å². The summed E-state index contributed by atoms with van der Waals surface area (Å²) in [4.78, 5) is 11.6. The molecule has 0 spiro atoms. The Kier molecular flexibility index (Phi) is 4.12. The van der Waals surface area contributed by atoms with Gasteiger partial charge in [0.1, 0.15) is 11.3 Å². The Morgan fingerprint density at radius 1 is 1.43 bits per heavy atom. The number of rotatable bonds is 2. The molecule has 0 radical (unpaired) electrons. The Hall–Kier alpha value is -0.840. The van der Waals surface area contributed by atoms with E-state index in [1.54, 1.807) is 6.20 Å². The van der Waals surface area contributed by atoms with E-state index in [0.717, 1.165) is 36.4 Å². The Morgan fingerprint density at radius 3 is 2.86 bits per heavy atom. The first kappa shape index (κ1) is 15.1. The maximum atomic E-state index is 6.35. The number of halogens is 2. The fourth-order valence-corrected chi connectivity index (χ4v) is 3.42. The number of alkyl halides is 1. The molecular weight excluding hydrogens is 307 g/mol. The van der Waals surface area contributed by atoms with Gasteiger partial charge in [-0.2, -0.15) is 0 Å². The lowest BCUT2D eigenvalue weighted by atomic mass is 9.98. The highest BCUT2D eigenvalue weighted by atomic mass is 35.5. The lowest BCUT2D eigenvalue weighted by Crippen LogP contribution is -2.38. The molecule has 6 heteroatoms. The van der Waals surface area contributed by atoms with E-state index in [4.69, 9.17) is 23.2 Å². The third-order valence-electron chi connectivity index (χ3n) is 4.43. The summed E-state index contributed by atoms with van der Waals surface area (Å²) in [6.45, 7) is 5.30. The summed E-state index contributed by atoms with van der Waals surface area (Å²) in [5.41, 5.74) is 1.72. The second kappa shape index (κ2) is 5.75. The van der Waals surface area contributed by atoms with E-state index in [9.17, 15) is 0 Å². The molecular formula is C15H20Cl2N4. The maximum absolute atomic E-state index is 6.35. The van der Waals surface area contributed by atoms with Crippen LogP contribution in [-0.2, 0) is 0 Å². The zero-order valence-electron chi connectivity index (χ0n) is 12.6. The van der Waals surface area contributed by atoms with Crippen LogP contribution in [0.2, 0.25) is 5.02 Å². The molecule has 2 aromatic heterocycles. The van der Waals surface area contributed by atoms with E-state index >= 15 is 0 Å². The lowest BCUT2D eigenvalue weighted by molar-refractivity contribution is 0.157. The predicted octanol–water partition coefficient (Wildman–Crippen LogP) is 4.04. The van der Waals surface area contributed by atoms with Gasteiger partial charge >= 0.3 is 0 Å². The molecule has 4 nitrogen and oxygen atoms in total. The van der Waals surface area contributed by atoms with Gasteiger partial charge in [-0.1, -0.05) is 11.6 Å². The molecule has 1 saturated heterocycles. The molecule has 0 aromatic carbocycles. The molecule has 114 valence electrons. The first-order valence-electron chi connectivity index (χ1n) is 7.35. The number of piperidine rings is 1. The van der Waals surface area contributed by atoms with Crippen LogP contribution >= 0.6 is 23.2 Å². The topological polar surface area (TPSA) is 34.0 Å². The van der Waals surface area contributed by atoms with Gasteiger partial charge in [0.25, 0.3) is 0 Å². The molecule has 2 aromatic rings. The Morgan fingerprint density at radius 2 is 2.19 bits per heavy atom. The molecule has 3 atom stereocenters. The minimum Gasteiger partial charge on any atom is -0.308 e. The van der Waals surface area contributed by atoms with Crippen LogP contribution in [0.5, 0.6) is 0 Å².